The van der Waals surface area contributed by atoms with Crippen LogP contribution in [0.5, 0.6) is 0 Å². The molecule has 0 atom stereocenters. The molecule has 0 spiro atoms. The molecule has 98 valence electrons. The van der Waals surface area contributed by atoms with Gasteiger partial charge >= 0.3 is 0 Å². The van der Waals surface area contributed by atoms with Crippen molar-refractivity contribution in [2.75, 3.05) is 0 Å². The van der Waals surface area contributed by atoms with Gasteiger partial charge in [-0.25, -0.2) is 4.39 Å². The molecule has 0 fully saturated rings. The molecule has 1 nitrogen and oxygen atoms in total. The standard InChI is InChI=1S/C18H13FO/c19-16-9-6-13(7-10-16)4-5-14-8-11-17-15(12-14)2-1-3-18(17)20/h6-12H,1-3H2. The number of hydrogen-bond donors (Lipinski definition) is 0. The van der Waals surface area contributed by atoms with Gasteiger partial charge in [-0.15, -0.1) is 0 Å². The quantitative estimate of drug-likeness (QED) is 0.662. The molecule has 20 heavy (non-hydrogen) atoms. The number of ketones is 1. The summed E-state index contributed by atoms with van der Waals surface area (Å²) in [5.74, 6) is 6.03. The molecule has 2 heteroatoms. The average molecular weight is 264 g/mol. The second-order valence-electron chi connectivity index (χ2n) is 4.91. The Morgan fingerprint density at radius 2 is 1.60 bits per heavy atom. The number of Topliss-reactive ketones (excluding diaryl/α,β-unsaturated/α-hetero) is 1. The van der Waals surface area contributed by atoms with Crippen molar-refractivity contribution in [3.63, 3.8) is 0 Å². The van der Waals surface area contributed by atoms with Gasteiger partial charge in [-0.1, -0.05) is 11.8 Å². The highest BCUT2D eigenvalue weighted by Crippen LogP contribution is 2.22. The average Bonchev–Trinajstić information content (AvgIpc) is 2.47. The zero-order valence-corrected chi connectivity index (χ0v) is 10.9. The fourth-order valence-corrected chi connectivity index (χ4v) is 2.40. The lowest BCUT2D eigenvalue weighted by Crippen LogP contribution is -2.10. The van der Waals surface area contributed by atoms with Crippen LogP contribution in [0.15, 0.2) is 42.5 Å². The van der Waals surface area contributed by atoms with Crippen molar-refractivity contribution >= 4 is 5.78 Å². The summed E-state index contributed by atoms with van der Waals surface area (Å²) in [6, 6.07) is 11.8. The molecule has 0 bridgehead atoms. The van der Waals surface area contributed by atoms with Crippen LogP contribution in [0.2, 0.25) is 0 Å². The molecule has 0 saturated heterocycles. The second-order valence-corrected chi connectivity index (χ2v) is 4.91. The molecule has 0 amide bonds. The van der Waals surface area contributed by atoms with E-state index in [0.29, 0.717) is 6.42 Å². The van der Waals surface area contributed by atoms with Crippen molar-refractivity contribution in [2.45, 2.75) is 19.3 Å². The Balaban J connectivity index is 1.89. The molecular formula is C18H13FO. The highest BCUT2D eigenvalue weighted by atomic mass is 19.1. The first-order valence-corrected chi connectivity index (χ1v) is 6.66. The smallest absolute Gasteiger partial charge is 0.163 e. The second kappa shape index (κ2) is 5.30. The molecule has 0 aliphatic heterocycles. The van der Waals surface area contributed by atoms with Crippen molar-refractivity contribution in [1.29, 1.82) is 0 Å². The minimum atomic E-state index is -0.261. The SMILES string of the molecule is O=C1CCCc2cc(C#Cc3ccc(F)cc3)ccc21. The summed E-state index contributed by atoms with van der Waals surface area (Å²) < 4.78 is 12.8. The van der Waals surface area contributed by atoms with E-state index in [1.807, 2.05) is 18.2 Å². The Kier molecular flexibility index (Phi) is 3.35. The van der Waals surface area contributed by atoms with Gasteiger partial charge in [0.2, 0.25) is 0 Å². The van der Waals surface area contributed by atoms with E-state index in [4.69, 9.17) is 0 Å². The van der Waals surface area contributed by atoms with E-state index in [-0.39, 0.29) is 11.6 Å². The van der Waals surface area contributed by atoms with Gasteiger partial charge in [0.1, 0.15) is 5.82 Å². The maximum Gasteiger partial charge on any atom is 0.163 e. The van der Waals surface area contributed by atoms with Gasteiger partial charge in [-0.2, -0.15) is 0 Å². The van der Waals surface area contributed by atoms with Crippen LogP contribution in [-0.2, 0) is 6.42 Å². The van der Waals surface area contributed by atoms with Crippen LogP contribution in [0.4, 0.5) is 4.39 Å². The first-order chi connectivity index (χ1) is 9.72. The zero-order valence-electron chi connectivity index (χ0n) is 10.9. The van der Waals surface area contributed by atoms with Crippen LogP contribution in [-0.4, -0.2) is 5.78 Å². The van der Waals surface area contributed by atoms with E-state index in [1.54, 1.807) is 12.1 Å². The number of rotatable bonds is 0. The third-order valence-electron chi connectivity index (χ3n) is 3.45. The van der Waals surface area contributed by atoms with Crippen molar-refractivity contribution in [3.8, 4) is 11.8 Å². The van der Waals surface area contributed by atoms with E-state index >= 15 is 0 Å². The maximum absolute atomic E-state index is 12.8. The molecule has 2 aromatic carbocycles. The molecule has 0 N–H and O–H groups in total. The topological polar surface area (TPSA) is 17.1 Å². The number of carbonyl (C=O) groups is 1. The monoisotopic (exact) mass is 264 g/mol. The van der Waals surface area contributed by atoms with Crippen molar-refractivity contribution in [3.05, 3.63) is 70.5 Å². The number of aryl methyl sites for hydroxylation is 1. The molecular weight excluding hydrogens is 251 g/mol. The Morgan fingerprint density at radius 1 is 0.900 bits per heavy atom. The predicted molar refractivity (Wildman–Crippen MR) is 76.1 cm³/mol. The van der Waals surface area contributed by atoms with E-state index in [2.05, 4.69) is 11.8 Å². The summed E-state index contributed by atoms with van der Waals surface area (Å²) in [6.45, 7) is 0. The molecule has 0 saturated carbocycles. The summed E-state index contributed by atoms with van der Waals surface area (Å²) in [7, 11) is 0. The molecule has 0 aromatic heterocycles. The molecule has 2 aromatic rings. The Labute approximate surface area is 117 Å². The summed E-state index contributed by atoms with van der Waals surface area (Å²) in [6.07, 6.45) is 2.50. The Morgan fingerprint density at radius 3 is 2.40 bits per heavy atom. The number of halogens is 1. The lowest BCUT2D eigenvalue weighted by molar-refractivity contribution is 0.0972. The first kappa shape index (κ1) is 12.6. The van der Waals surface area contributed by atoms with Crippen molar-refractivity contribution in [1.82, 2.24) is 0 Å². The highest BCUT2D eigenvalue weighted by Gasteiger charge is 2.16. The van der Waals surface area contributed by atoms with Gasteiger partial charge in [0.15, 0.2) is 5.78 Å². The zero-order chi connectivity index (χ0) is 13.9. The predicted octanol–water partition coefficient (Wildman–Crippen LogP) is 3.74. The number of fused-ring (bicyclic) bond motifs is 1. The summed E-state index contributed by atoms with van der Waals surface area (Å²) in [5.41, 5.74) is 3.60. The minimum Gasteiger partial charge on any atom is -0.294 e. The molecule has 1 aliphatic carbocycles. The van der Waals surface area contributed by atoms with Crippen LogP contribution in [0, 0.1) is 17.7 Å². The molecule has 3 rings (SSSR count). The van der Waals surface area contributed by atoms with Gasteiger partial charge in [-0.3, -0.25) is 4.79 Å². The Hall–Kier alpha value is -2.40. The molecule has 0 heterocycles. The van der Waals surface area contributed by atoms with Crippen molar-refractivity contribution < 1.29 is 9.18 Å². The van der Waals surface area contributed by atoms with E-state index in [9.17, 15) is 9.18 Å². The first-order valence-electron chi connectivity index (χ1n) is 6.66. The fourth-order valence-electron chi connectivity index (χ4n) is 2.40. The van der Waals surface area contributed by atoms with E-state index in [1.165, 1.54) is 12.1 Å². The Bertz CT molecular complexity index is 717. The van der Waals surface area contributed by atoms with Crippen LogP contribution < -0.4 is 0 Å². The maximum atomic E-state index is 12.8. The van der Waals surface area contributed by atoms with Crippen LogP contribution >= 0.6 is 0 Å². The number of benzene rings is 2. The largest absolute Gasteiger partial charge is 0.294 e. The molecule has 1 aliphatic rings. The van der Waals surface area contributed by atoms with E-state index < -0.39 is 0 Å². The van der Waals surface area contributed by atoms with Gasteiger partial charge < -0.3 is 0 Å². The normalized spacial score (nSPS) is 13.3. The van der Waals surface area contributed by atoms with Gasteiger partial charge in [0.25, 0.3) is 0 Å². The highest BCUT2D eigenvalue weighted by molar-refractivity contribution is 5.98. The van der Waals surface area contributed by atoms with Crippen LogP contribution in [0.3, 0.4) is 0 Å². The number of hydrogen-bond acceptors (Lipinski definition) is 1. The lowest BCUT2D eigenvalue weighted by Gasteiger charge is -2.14. The minimum absolute atomic E-state index is 0.226. The number of carbonyl (C=O) groups excluding carboxylic acids is 1. The fraction of sp³-hybridized carbons (Fsp3) is 0.167. The van der Waals surface area contributed by atoms with Crippen LogP contribution in [0.1, 0.15) is 39.9 Å². The summed E-state index contributed by atoms with van der Waals surface area (Å²) in [4.78, 5) is 11.7. The molecule has 0 radical (unpaired) electrons. The van der Waals surface area contributed by atoms with Gasteiger partial charge in [0.05, 0.1) is 0 Å². The third-order valence-corrected chi connectivity index (χ3v) is 3.45. The lowest BCUT2D eigenvalue weighted by atomic mass is 9.89. The summed E-state index contributed by atoms with van der Waals surface area (Å²) >= 11 is 0. The van der Waals surface area contributed by atoms with Crippen molar-refractivity contribution in [2.24, 2.45) is 0 Å². The van der Waals surface area contributed by atoms with Crippen LogP contribution in [0.25, 0.3) is 0 Å². The third kappa shape index (κ3) is 2.62. The summed E-state index contributed by atoms with van der Waals surface area (Å²) in [5, 5.41) is 0. The van der Waals surface area contributed by atoms with Gasteiger partial charge in [-0.05, 0) is 60.9 Å². The molecule has 0 unspecified atom stereocenters. The van der Waals surface area contributed by atoms with E-state index in [0.717, 1.165) is 35.1 Å². The van der Waals surface area contributed by atoms with Gasteiger partial charge in [0, 0.05) is 23.1 Å².